The Labute approximate surface area is 73.9 Å². The average molecular weight is 191 g/mol. The van der Waals surface area contributed by atoms with Gasteiger partial charge in [-0.3, -0.25) is 4.79 Å². The van der Waals surface area contributed by atoms with Crippen LogP contribution in [0, 0.1) is 0 Å². The Bertz CT molecular complexity index is 257. The van der Waals surface area contributed by atoms with Crippen molar-refractivity contribution < 1.29 is 9.21 Å². The summed E-state index contributed by atoms with van der Waals surface area (Å²) in [5.74, 6) is 0.748. The van der Waals surface area contributed by atoms with Crippen LogP contribution in [0.15, 0.2) is 16.5 Å². The third-order valence-electron chi connectivity index (χ3n) is 1.12. The van der Waals surface area contributed by atoms with Gasteiger partial charge in [0.2, 0.25) is 5.78 Å². The number of Topliss-reactive ketones (excluding diaryl/α,β-unsaturated/α-hetero) is 1. The van der Waals surface area contributed by atoms with Gasteiger partial charge in [0, 0.05) is 0 Å². The van der Waals surface area contributed by atoms with E-state index in [1.54, 1.807) is 12.1 Å². The summed E-state index contributed by atoms with van der Waals surface area (Å²) < 4.78 is 4.90. The summed E-state index contributed by atoms with van der Waals surface area (Å²) in [7, 11) is 0. The van der Waals surface area contributed by atoms with Crippen LogP contribution >= 0.6 is 23.4 Å². The first-order valence-electron chi connectivity index (χ1n) is 3.01. The monoisotopic (exact) mass is 190 g/mol. The van der Waals surface area contributed by atoms with Crippen molar-refractivity contribution in [3.05, 3.63) is 23.1 Å². The highest BCUT2D eigenvalue weighted by molar-refractivity contribution is 7.99. The lowest BCUT2D eigenvalue weighted by molar-refractivity contribution is 0.0992. The Balaban J connectivity index is 2.69. The molecule has 1 heterocycles. The fraction of sp³-hybridized carbons (Fsp3) is 0.286. The number of ketones is 1. The molecule has 0 atom stereocenters. The second kappa shape index (κ2) is 3.83. The van der Waals surface area contributed by atoms with E-state index >= 15 is 0 Å². The summed E-state index contributed by atoms with van der Waals surface area (Å²) in [6.07, 6.45) is 1.86. The van der Waals surface area contributed by atoms with Gasteiger partial charge in [-0.2, -0.15) is 11.8 Å². The zero-order valence-corrected chi connectivity index (χ0v) is 7.54. The van der Waals surface area contributed by atoms with Crippen LogP contribution in [-0.4, -0.2) is 17.8 Å². The minimum atomic E-state index is -0.0237. The van der Waals surface area contributed by atoms with E-state index in [-0.39, 0.29) is 11.0 Å². The third kappa shape index (κ3) is 2.27. The molecule has 2 nitrogen and oxygen atoms in total. The fourth-order valence-corrected chi connectivity index (χ4v) is 1.22. The molecule has 0 aliphatic carbocycles. The van der Waals surface area contributed by atoms with Crippen LogP contribution in [0.5, 0.6) is 0 Å². The number of furan rings is 1. The molecule has 60 valence electrons. The normalized spacial score (nSPS) is 10.0. The van der Waals surface area contributed by atoms with Crippen LogP contribution in [0.25, 0.3) is 0 Å². The van der Waals surface area contributed by atoms with Gasteiger partial charge in [-0.25, -0.2) is 0 Å². The Morgan fingerprint density at radius 1 is 1.73 bits per heavy atom. The molecule has 0 spiro atoms. The zero-order chi connectivity index (χ0) is 8.27. The van der Waals surface area contributed by atoms with E-state index in [4.69, 9.17) is 16.0 Å². The standard InChI is InChI=1S/C7H7ClO2S/c1-11-4-5(9)6-2-3-7(8)10-6/h2-3H,4H2,1H3. The second-order valence-corrected chi connectivity index (χ2v) is 3.20. The zero-order valence-electron chi connectivity index (χ0n) is 5.96. The van der Waals surface area contributed by atoms with Crippen LogP contribution in [0.1, 0.15) is 10.6 Å². The van der Waals surface area contributed by atoms with E-state index in [0.717, 1.165) is 0 Å². The lowest BCUT2D eigenvalue weighted by atomic mass is 10.3. The molecule has 0 saturated heterocycles. The van der Waals surface area contributed by atoms with E-state index in [2.05, 4.69) is 0 Å². The van der Waals surface area contributed by atoms with Crippen LogP contribution in [0.4, 0.5) is 0 Å². The first kappa shape index (κ1) is 8.68. The van der Waals surface area contributed by atoms with Gasteiger partial charge < -0.3 is 4.42 Å². The molecule has 0 aromatic carbocycles. The van der Waals surface area contributed by atoms with Gasteiger partial charge in [-0.15, -0.1) is 0 Å². The molecule has 0 aliphatic heterocycles. The summed E-state index contributed by atoms with van der Waals surface area (Å²) in [6, 6.07) is 3.15. The molecule has 0 radical (unpaired) electrons. The molecule has 0 aliphatic rings. The molecule has 0 amide bonds. The molecule has 0 N–H and O–H groups in total. The molecule has 11 heavy (non-hydrogen) atoms. The van der Waals surface area contributed by atoms with Crippen LogP contribution in [0.2, 0.25) is 5.22 Å². The molecule has 0 bridgehead atoms. The van der Waals surface area contributed by atoms with Gasteiger partial charge in [0.25, 0.3) is 0 Å². The van der Waals surface area contributed by atoms with E-state index in [0.29, 0.717) is 11.5 Å². The predicted molar refractivity (Wildman–Crippen MR) is 46.4 cm³/mol. The maximum absolute atomic E-state index is 11.1. The van der Waals surface area contributed by atoms with Crippen LogP contribution in [0.3, 0.4) is 0 Å². The van der Waals surface area contributed by atoms with Crippen molar-refractivity contribution in [3.63, 3.8) is 0 Å². The SMILES string of the molecule is CSCC(=O)c1ccc(Cl)o1. The third-order valence-corrected chi connectivity index (χ3v) is 1.88. The number of rotatable bonds is 3. The van der Waals surface area contributed by atoms with Crippen LogP contribution < -0.4 is 0 Å². The largest absolute Gasteiger partial charge is 0.442 e. The topological polar surface area (TPSA) is 30.2 Å². The highest BCUT2D eigenvalue weighted by Gasteiger charge is 2.08. The second-order valence-electron chi connectivity index (χ2n) is 1.96. The molecule has 0 fully saturated rings. The summed E-state index contributed by atoms with van der Waals surface area (Å²) in [6.45, 7) is 0. The van der Waals surface area contributed by atoms with Gasteiger partial charge in [-0.05, 0) is 30.0 Å². The number of thioether (sulfide) groups is 1. The first-order valence-corrected chi connectivity index (χ1v) is 4.78. The minimum Gasteiger partial charge on any atom is -0.442 e. The average Bonchev–Trinajstić information content (AvgIpc) is 2.36. The highest BCUT2D eigenvalue weighted by Crippen LogP contribution is 2.14. The molecule has 0 saturated carbocycles. The van der Waals surface area contributed by atoms with Crippen molar-refractivity contribution in [3.8, 4) is 0 Å². The lowest BCUT2D eigenvalue weighted by Crippen LogP contribution is -1.99. The Kier molecular flexibility index (Phi) is 3.02. The number of carbonyl (C=O) groups excluding carboxylic acids is 1. The Hall–Kier alpha value is -0.410. The molecule has 0 unspecified atom stereocenters. The summed E-state index contributed by atoms with van der Waals surface area (Å²) in [5, 5.41) is 0.259. The van der Waals surface area contributed by atoms with E-state index in [1.807, 2.05) is 6.26 Å². The minimum absolute atomic E-state index is 0.0237. The van der Waals surface area contributed by atoms with Crippen molar-refractivity contribution >= 4 is 29.1 Å². The molecule has 4 heteroatoms. The molecular formula is C7H7ClO2S. The predicted octanol–water partition coefficient (Wildman–Crippen LogP) is 2.48. The molecule has 1 aromatic heterocycles. The highest BCUT2D eigenvalue weighted by atomic mass is 35.5. The Morgan fingerprint density at radius 3 is 2.91 bits per heavy atom. The number of hydrogen-bond acceptors (Lipinski definition) is 3. The summed E-state index contributed by atoms with van der Waals surface area (Å²) in [5.41, 5.74) is 0. The number of hydrogen-bond donors (Lipinski definition) is 0. The van der Waals surface area contributed by atoms with Crippen molar-refractivity contribution in [2.45, 2.75) is 0 Å². The van der Waals surface area contributed by atoms with Gasteiger partial charge in [-0.1, -0.05) is 0 Å². The lowest BCUT2D eigenvalue weighted by Gasteiger charge is -1.90. The van der Waals surface area contributed by atoms with Gasteiger partial charge in [0.15, 0.2) is 11.0 Å². The molecule has 1 rings (SSSR count). The summed E-state index contributed by atoms with van der Waals surface area (Å²) >= 11 is 6.94. The quantitative estimate of drug-likeness (QED) is 0.686. The van der Waals surface area contributed by atoms with E-state index < -0.39 is 0 Å². The van der Waals surface area contributed by atoms with Crippen molar-refractivity contribution in [1.82, 2.24) is 0 Å². The molecule has 1 aromatic rings. The van der Waals surface area contributed by atoms with E-state index in [1.165, 1.54) is 11.8 Å². The van der Waals surface area contributed by atoms with Gasteiger partial charge in [0.05, 0.1) is 5.75 Å². The maximum Gasteiger partial charge on any atom is 0.207 e. The van der Waals surface area contributed by atoms with Crippen molar-refractivity contribution in [2.24, 2.45) is 0 Å². The van der Waals surface area contributed by atoms with Crippen LogP contribution in [-0.2, 0) is 0 Å². The summed E-state index contributed by atoms with van der Waals surface area (Å²) in [4.78, 5) is 11.1. The molecular weight excluding hydrogens is 184 g/mol. The maximum atomic E-state index is 11.1. The van der Waals surface area contributed by atoms with Gasteiger partial charge >= 0.3 is 0 Å². The van der Waals surface area contributed by atoms with Crippen molar-refractivity contribution in [1.29, 1.82) is 0 Å². The fourth-order valence-electron chi connectivity index (χ4n) is 0.666. The van der Waals surface area contributed by atoms with E-state index in [9.17, 15) is 4.79 Å². The first-order chi connectivity index (χ1) is 5.24. The Morgan fingerprint density at radius 2 is 2.45 bits per heavy atom. The number of carbonyl (C=O) groups is 1. The van der Waals surface area contributed by atoms with Crippen molar-refractivity contribution in [2.75, 3.05) is 12.0 Å². The number of halogens is 1. The smallest absolute Gasteiger partial charge is 0.207 e. The van der Waals surface area contributed by atoms with Gasteiger partial charge in [0.1, 0.15) is 0 Å².